The molecule has 5 nitrogen and oxygen atoms in total. The maximum atomic E-state index is 11.6. The molecule has 3 rings (SSSR count). The Hall–Kier alpha value is -1.85. The fourth-order valence-corrected chi connectivity index (χ4v) is 2.66. The predicted octanol–water partition coefficient (Wildman–Crippen LogP) is 2.40. The quantitative estimate of drug-likeness (QED) is 0.847. The van der Waals surface area contributed by atoms with Gasteiger partial charge < -0.3 is 11.1 Å². The third-order valence-electron chi connectivity index (χ3n) is 3.88. The number of anilines is 1. The van der Waals surface area contributed by atoms with Crippen LogP contribution in [0.5, 0.6) is 0 Å². The molecule has 1 unspecified atom stereocenters. The van der Waals surface area contributed by atoms with E-state index >= 15 is 0 Å². The van der Waals surface area contributed by atoms with Crippen LogP contribution in [-0.2, 0) is 4.79 Å². The second-order valence-corrected chi connectivity index (χ2v) is 5.47. The van der Waals surface area contributed by atoms with Crippen LogP contribution in [0.25, 0.3) is 5.69 Å². The third kappa shape index (κ3) is 1.74. The first kappa shape index (κ1) is 13.1. The van der Waals surface area contributed by atoms with E-state index < -0.39 is 6.04 Å². The van der Waals surface area contributed by atoms with Crippen molar-refractivity contribution < 1.29 is 4.79 Å². The molecule has 3 N–H and O–H groups in total. The van der Waals surface area contributed by atoms with Crippen LogP contribution in [-0.4, -0.2) is 15.7 Å². The predicted molar refractivity (Wildman–Crippen MR) is 78.3 cm³/mol. The number of hydrogen-bond acceptors (Lipinski definition) is 3. The van der Waals surface area contributed by atoms with Gasteiger partial charge in [-0.25, -0.2) is 4.68 Å². The minimum absolute atomic E-state index is 0.210. The van der Waals surface area contributed by atoms with Gasteiger partial charge in [-0.2, -0.15) is 5.10 Å². The summed E-state index contributed by atoms with van der Waals surface area (Å²) in [6, 6.07) is 2.90. The van der Waals surface area contributed by atoms with Gasteiger partial charge in [-0.15, -0.1) is 0 Å². The van der Waals surface area contributed by atoms with Gasteiger partial charge in [0.05, 0.1) is 16.4 Å². The number of halogens is 1. The first-order valence-corrected chi connectivity index (χ1v) is 6.71. The Bertz CT molecular complexity index is 735. The number of aryl methyl sites for hydroxylation is 1. The largest absolute Gasteiger partial charge is 0.324 e. The average molecular weight is 291 g/mol. The Balaban J connectivity index is 2.19. The molecule has 0 spiro atoms. The van der Waals surface area contributed by atoms with Crippen molar-refractivity contribution >= 4 is 23.2 Å². The lowest BCUT2D eigenvalue weighted by molar-refractivity contribution is -0.116. The van der Waals surface area contributed by atoms with Gasteiger partial charge in [-0.1, -0.05) is 11.6 Å². The zero-order valence-electron chi connectivity index (χ0n) is 11.5. The molecule has 2 heterocycles. The van der Waals surface area contributed by atoms with E-state index in [1.54, 1.807) is 10.7 Å². The van der Waals surface area contributed by atoms with Gasteiger partial charge in [0.2, 0.25) is 5.91 Å². The maximum absolute atomic E-state index is 11.6. The highest BCUT2D eigenvalue weighted by molar-refractivity contribution is 6.32. The molecule has 0 bridgehead atoms. The van der Waals surface area contributed by atoms with Gasteiger partial charge in [-0.3, -0.25) is 4.79 Å². The number of fused-ring (bicyclic) bond motifs is 1. The Labute approximate surface area is 121 Å². The molecule has 1 aliphatic rings. The normalized spacial score (nSPS) is 17.2. The minimum Gasteiger partial charge on any atom is -0.324 e. The van der Waals surface area contributed by atoms with Gasteiger partial charge in [0.25, 0.3) is 0 Å². The van der Waals surface area contributed by atoms with Crippen molar-refractivity contribution in [3.63, 3.8) is 0 Å². The molecule has 1 aromatic heterocycles. The number of nitrogens with two attached hydrogens (primary N) is 1. The van der Waals surface area contributed by atoms with Crippen molar-refractivity contribution in [3.8, 4) is 5.69 Å². The first-order valence-electron chi connectivity index (χ1n) is 6.33. The summed E-state index contributed by atoms with van der Waals surface area (Å²) in [5.74, 6) is -0.210. The smallest absolute Gasteiger partial charge is 0.245 e. The summed E-state index contributed by atoms with van der Waals surface area (Å²) in [4.78, 5) is 11.6. The molecule has 20 heavy (non-hydrogen) atoms. The van der Waals surface area contributed by atoms with Crippen LogP contribution in [0, 0.1) is 20.8 Å². The standard InChI is InChI=1S/C14H15ClN4O/c1-6-7(2)18-19(8(6)3)12-5-11-9(4-10(12)15)13(16)14(20)17-11/h4-5,13H,16H2,1-3H3,(H,17,20). The summed E-state index contributed by atoms with van der Waals surface area (Å²) in [5, 5.41) is 7.78. The molecule has 6 heteroatoms. The molecular weight excluding hydrogens is 276 g/mol. The van der Waals surface area contributed by atoms with E-state index in [1.807, 2.05) is 26.8 Å². The SMILES string of the molecule is Cc1nn(-c2cc3c(cc2Cl)C(N)C(=O)N3)c(C)c1C. The van der Waals surface area contributed by atoms with Crippen LogP contribution in [0.2, 0.25) is 5.02 Å². The number of nitrogens with one attached hydrogen (secondary N) is 1. The van der Waals surface area contributed by atoms with Crippen LogP contribution in [0.3, 0.4) is 0 Å². The average Bonchev–Trinajstić information content (AvgIpc) is 2.82. The van der Waals surface area contributed by atoms with Gasteiger partial charge in [0.15, 0.2) is 0 Å². The number of amides is 1. The number of nitrogens with zero attached hydrogens (tertiary/aromatic N) is 2. The summed E-state index contributed by atoms with van der Waals surface area (Å²) < 4.78 is 1.79. The molecule has 0 radical (unpaired) electrons. The van der Waals surface area contributed by atoms with Crippen molar-refractivity contribution in [1.82, 2.24) is 9.78 Å². The molecule has 1 atom stereocenters. The van der Waals surface area contributed by atoms with Crippen molar-refractivity contribution in [2.45, 2.75) is 26.8 Å². The fourth-order valence-electron chi connectivity index (χ4n) is 2.41. The Kier molecular flexibility index (Phi) is 2.84. The first-order chi connectivity index (χ1) is 9.40. The molecule has 0 aliphatic carbocycles. The van der Waals surface area contributed by atoms with Crippen LogP contribution in [0.15, 0.2) is 12.1 Å². The van der Waals surface area contributed by atoms with Gasteiger partial charge in [0.1, 0.15) is 6.04 Å². The van der Waals surface area contributed by atoms with Crippen LogP contribution < -0.4 is 11.1 Å². The second-order valence-electron chi connectivity index (χ2n) is 5.07. The van der Waals surface area contributed by atoms with E-state index in [1.165, 1.54) is 0 Å². The molecule has 0 saturated carbocycles. The Morgan fingerprint density at radius 1 is 1.35 bits per heavy atom. The molecule has 0 fully saturated rings. The zero-order valence-corrected chi connectivity index (χ0v) is 12.2. The number of carbonyl (C=O) groups excluding carboxylic acids is 1. The summed E-state index contributed by atoms with van der Waals surface area (Å²) in [7, 11) is 0. The van der Waals surface area contributed by atoms with E-state index in [2.05, 4.69) is 10.4 Å². The Morgan fingerprint density at radius 2 is 2.05 bits per heavy atom. The zero-order chi connectivity index (χ0) is 14.6. The Morgan fingerprint density at radius 3 is 2.65 bits per heavy atom. The van der Waals surface area contributed by atoms with Crippen LogP contribution in [0.1, 0.15) is 28.6 Å². The van der Waals surface area contributed by atoms with Crippen molar-refractivity contribution in [2.75, 3.05) is 5.32 Å². The van der Waals surface area contributed by atoms with Gasteiger partial charge in [-0.05, 0) is 38.5 Å². The lowest BCUT2D eigenvalue weighted by Gasteiger charge is -2.10. The molecule has 0 saturated heterocycles. The summed E-state index contributed by atoms with van der Waals surface area (Å²) in [6.07, 6.45) is 0. The highest BCUT2D eigenvalue weighted by Crippen LogP contribution is 2.36. The lowest BCUT2D eigenvalue weighted by atomic mass is 10.1. The number of carbonyl (C=O) groups is 1. The van der Waals surface area contributed by atoms with E-state index in [0.717, 1.165) is 28.2 Å². The summed E-state index contributed by atoms with van der Waals surface area (Å²) in [6.45, 7) is 5.97. The van der Waals surface area contributed by atoms with Crippen molar-refractivity contribution in [1.29, 1.82) is 0 Å². The summed E-state index contributed by atoms with van der Waals surface area (Å²) in [5.41, 5.74) is 11.1. The van der Waals surface area contributed by atoms with Crippen molar-refractivity contribution in [3.05, 3.63) is 39.7 Å². The summed E-state index contributed by atoms with van der Waals surface area (Å²) >= 11 is 6.33. The molecule has 1 amide bonds. The topological polar surface area (TPSA) is 72.9 Å². The lowest BCUT2D eigenvalue weighted by Crippen LogP contribution is -2.19. The minimum atomic E-state index is -0.654. The van der Waals surface area contributed by atoms with Gasteiger partial charge in [0, 0.05) is 16.9 Å². The van der Waals surface area contributed by atoms with Crippen LogP contribution in [0.4, 0.5) is 5.69 Å². The van der Waals surface area contributed by atoms with E-state index in [9.17, 15) is 4.79 Å². The number of aromatic nitrogens is 2. The second kappa shape index (κ2) is 4.33. The third-order valence-corrected chi connectivity index (χ3v) is 4.18. The van der Waals surface area contributed by atoms with E-state index in [0.29, 0.717) is 10.7 Å². The molecule has 1 aliphatic heterocycles. The van der Waals surface area contributed by atoms with E-state index in [-0.39, 0.29) is 5.91 Å². The molecule has 104 valence electrons. The van der Waals surface area contributed by atoms with Crippen LogP contribution >= 0.6 is 11.6 Å². The van der Waals surface area contributed by atoms with E-state index in [4.69, 9.17) is 17.3 Å². The highest BCUT2D eigenvalue weighted by Gasteiger charge is 2.29. The fraction of sp³-hybridized carbons (Fsp3) is 0.286. The molecular formula is C14H15ClN4O. The number of rotatable bonds is 1. The molecule has 2 aromatic rings. The monoisotopic (exact) mass is 290 g/mol. The van der Waals surface area contributed by atoms with Crippen molar-refractivity contribution in [2.24, 2.45) is 5.73 Å². The van der Waals surface area contributed by atoms with Gasteiger partial charge >= 0.3 is 0 Å². The molecule has 1 aromatic carbocycles. The number of benzene rings is 1. The highest BCUT2D eigenvalue weighted by atomic mass is 35.5. The maximum Gasteiger partial charge on any atom is 0.245 e. The number of hydrogen-bond donors (Lipinski definition) is 2.